The molecule has 0 aliphatic carbocycles. The molecule has 0 aliphatic rings. The van der Waals surface area contributed by atoms with Crippen molar-refractivity contribution in [2.24, 2.45) is 0 Å². The summed E-state index contributed by atoms with van der Waals surface area (Å²) in [5, 5.41) is 6.92. The predicted molar refractivity (Wildman–Crippen MR) is 232 cm³/mol. The van der Waals surface area contributed by atoms with Gasteiger partial charge in [0.05, 0.1) is 27.8 Å². The van der Waals surface area contributed by atoms with Crippen LogP contribution in [0.2, 0.25) is 0 Å². The lowest BCUT2D eigenvalue weighted by Gasteiger charge is -2.15. The summed E-state index contributed by atoms with van der Waals surface area (Å²) in [5.41, 5.74) is 11.1. The van der Waals surface area contributed by atoms with Gasteiger partial charge >= 0.3 is 0 Å². The van der Waals surface area contributed by atoms with Gasteiger partial charge in [-0.2, -0.15) is 0 Å². The van der Waals surface area contributed by atoms with Crippen LogP contribution in [0.3, 0.4) is 0 Å². The van der Waals surface area contributed by atoms with Gasteiger partial charge in [-0.1, -0.05) is 133 Å². The van der Waals surface area contributed by atoms with E-state index in [1.54, 1.807) is 0 Å². The number of fused-ring (bicyclic) bond motifs is 10. The molecule has 0 amide bonds. The standard InChI is InChI=1S/C51H31N5O/c1-3-15-32(16-4-1)49-52-50(33-17-5-2-6-18-33)54-51(53-49)39-22-9-13-25-43(39)56-41-23-11-7-19-35(41)37-28-29-44-47(48(37)56)38-21-8-12-24-42(38)55(44)34-27-30-46-40(31-34)36-20-10-14-26-45(36)57-46/h1-31H. The molecule has 0 radical (unpaired) electrons. The van der Waals surface area contributed by atoms with Gasteiger partial charge in [-0.05, 0) is 54.6 Å². The molecule has 57 heavy (non-hydrogen) atoms. The highest BCUT2D eigenvalue weighted by molar-refractivity contribution is 6.26. The topological polar surface area (TPSA) is 61.7 Å². The highest BCUT2D eigenvalue weighted by Gasteiger charge is 2.23. The number of hydrogen-bond donors (Lipinski definition) is 0. The van der Waals surface area contributed by atoms with Gasteiger partial charge in [0, 0.05) is 54.7 Å². The molecule has 4 heterocycles. The number of hydrogen-bond acceptors (Lipinski definition) is 4. The van der Waals surface area contributed by atoms with E-state index in [0.717, 1.165) is 72.1 Å². The molecular formula is C51H31N5O. The third-order valence-corrected chi connectivity index (χ3v) is 11.2. The molecule has 0 N–H and O–H groups in total. The smallest absolute Gasteiger partial charge is 0.166 e. The van der Waals surface area contributed by atoms with Gasteiger partial charge in [0.1, 0.15) is 11.2 Å². The fraction of sp³-hybridized carbons (Fsp3) is 0. The van der Waals surface area contributed by atoms with Crippen LogP contribution in [-0.4, -0.2) is 24.1 Å². The van der Waals surface area contributed by atoms with Crippen LogP contribution in [0.4, 0.5) is 0 Å². The van der Waals surface area contributed by atoms with Gasteiger partial charge in [0.25, 0.3) is 0 Å². The van der Waals surface area contributed by atoms with Gasteiger partial charge in [-0.25, -0.2) is 15.0 Å². The first kappa shape index (κ1) is 31.5. The van der Waals surface area contributed by atoms with E-state index in [0.29, 0.717) is 17.5 Å². The summed E-state index contributed by atoms with van der Waals surface area (Å²) in [5.74, 6) is 1.87. The molecule has 0 atom stereocenters. The van der Waals surface area contributed by atoms with Crippen LogP contribution in [-0.2, 0) is 0 Å². The maximum absolute atomic E-state index is 6.24. The number of nitrogens with zero attached hydrogens (tertiary/aromatic N) is 5. The third-order valence-electron chi connectivity index (χ3n) is 11.2. The maximum atomic E-state index is 6.24. The van der Waals surface area contributed by atoms with Crippen molar-refractivity contribution in [2.75, 3.05) is 0 Å². The fourth-order valence-corrected chi connectivity index (χ4v) is 8.68. The molecule has 0 bridgehead atoms. The Balaban J connectivity index is 1.17. The van der Waals surface area contributed by atoms with E-state index in [9.17, 15) is 0 Å². The molecule has 6 heteroatoms. The minimum absolute atomic E-state index is 0.611. The monoisotopic (exact) mass is 729 g/mol. The van der Waals surface area contributed by atoms with E-state index in [-0.39, 0.29) is 0 Å². The Morgan fingerprint density at radius 2 is 0.947 bits per heavy atom. The number of aromatic nitrogens is 5. The largest absolute Gasteiger partial charge is 0.456 e. The molecule has 12 rings (SSSR count). The van der Waals surface area contributed by atoms with Gasteiger partial charge in [-0.15, -0.1) is 0 Å². The van der Waals surface area contributed by atoms with Crippen molar-refractivity contribution in [3.05, 3.63) is 188 Å². The van der Waals surface area contributed by atoms with E-state index < -0.39 is 0 Å². The second kappa shape index (κ2) is 12.3. The Hall–Kier alpha value is -7.83. The Bertz CT molecular complexity index is 3470. The van der Waals surface area contributed by atoms with E-state index in [1.807, 2.05) is 72.8 Å². The number of benzene rings is 8. The summed E-state index contributed by atoms with van der Waals surface area (Å²) in [6, 6.07) is 65.5. The van der Waals surface area contributed by atoms with Crippen molar-refractivity contribution < 1.29 is 4.42 Å². The summed E-state index contributed by atoms with van der Waals surface area (Å²) in [6.45, 7) is 0. The van der Waals surface area contributed by atoms with Crippen LogP contribution in [0.25, 0.3) is 111 Å². The Morgan fingerprint density at radius 3 is 1.70 bits per heavy atom. The molecule has 0 fully saturated rings. The molecule has 6 nitrogen and oxygen atoms in total. The van der Waals surface area contributed by atoms with E-state index in [1.165, 1.54) is 21.5 Å². The summed E-state index contributed by atoms with van der Waals surface area (Å²) in [6.07, 6.45) is 0. The van der Waals surface area contributed by atoms with Crippen molar-refractivity contribution in [3.63, 3.8) is 0 Å². The molecule has 266 valence electrons. The first-order chi connectivity index (χ1) is 28.3. The number of para-hydroxylation sites is 4. The van der Waals surface area contributed by atoms with E-state index >= 15 is 0 Å². The van der Waals surface area contributed by atoms with Crippen LogP contribution in [0.5, 0.6) is 0 Å². The minimum atomic E-state index is 0.611. The van der Waals surface area contributed by atoms with Crippen LogP contribution in [0, 0.1) is 0 Å². The lowest BCUT2D eigenvalue weighted by atomic mass is 10.1. The molecular weight excluding hydrogens is 699 g/mol. The zero-order chi connectivity index (χ0) is 37.5. The number of furan rings is 1. The average molecular weight is 730 g/mol. The highest BCUT2D eigenvalue weighted by Crippen LogP contribution is 2.44. The zero-order valence-electron chi connectivity index (χ0n) is 30.5. The van der Waals surface area contributed by atoms with Crippen molar-refractivity contribution in [2.45, 2.75) is 0 Å². The molecule has 0 spiro atoms. The SMILES string of the molecule is c1ccc(-c2nc(-c3ccccc3)nc(-c3ccccc3-n3c4ccccc4c4ccc5c(c6ccccc6n5-c5ccc6oc7ccccc7c6c5)c43)n2)cc1. The van der Waals surface area contributed by atoms with Crippen molar-refractivity contribution >= 4 is 65.6 Å². The summed E-state index contributed by atoms with van der Waals surface area (Å²) >= 11 is 0. The van der Waals surface area contributed by atoms with Gasteiger partial charge in [0.15, 0.2) is 17.5 Å². The van der Waals surface area contributed by atoms with Crippen LogP contribution < -0.4 is 0 Å². The maximum Gasteiger partial charge on any atom is 0.166 e. The molecule has 0 saturated heterocycles. The van der Waals surface area contributed by atoms with E-state index in [2.05, 4.69) is 124 Å². The van der Waals surface area contributed by atoms with Gasteiger partial charge in [-0.3, -0.25) is 0 Å². The second-order valence-electron chi connectivity index (χ2n) is 14.4. The minimum Gasteiger partial charge on any atom is -0.456 e. The molecule has 0 unspecified atom stereocenters. The second-order valence-corrected chi connectivity index (χ2v) is 14.4. The van der Waals surface area contributed by atoms with Crippen LogP contribution in [0.15, 0.2) is 192 Å². The van der Waals surface area contributed by atoms with Crippen molar-refractivity contribution in [1.29, 1.82) is 0 Å². The van der Waals surface area contributed by atoms with Crippen molar-refractivity contribution in [1.82, 2.24) is 24.1 Å². The summed E-state index contributed by atoms with van der Waals surface area (Å²) in [7, 11) is 0. The predicted octanol–water partition coefficient (Wildman–Crippen LogP) is 13.0. The van der Waals surface area contributed by atoms with Crippen molar-refractivity contribution in [3.8, 4) is 45.5 Å². The average Bonchev–Trinajstić information content (AvgIpc) is 3.94. The zero-order valence-corrected chi connectivity index (χ0v) is 30.5. The Kier molecular flexibility index (Phi) is 6.83. The van der Waals surface area contributed by atoms with E-state index in [4.69, 9.17) is 19.4 Å². The molecule has 0 saturated carbocycles. The molecule has 8 aromatic carbocycles. The molecule has 0 aliphatic heterocycles. The van der Waals surface area contributed by atoms with Crippen LogP contribution in [0.1, 0.15) is 0 Å². The Morgan fingerprint density at radius 1 is 0.368 bits per heavy atom. The quantitative estimate of drug-likeness (QED) is 0.177. The first-order valence-electron chi connectivity index (χ1n) is 19.1. The highest BCUT2D eigenvalue weighted by atomic mass is 16.3. The normalized spacial score (nSPS) is 11.9. The molecule has 12 aromatic rings. The lowest BCUT2D eigenvalue weighted by Crippen LogP contribution is -2.03. The van der Waals surface area contributed by atoms with Crippen LogP contribution >= 0.6 is 0 Å². The Labute approximate surface area is 326 Å². The van der Waals surface area contributed by atoms with Gasteiger partial charge in [0.2, 0.25) is 0 Å². The van der Waals surface area contributed by atoms with Gasteiger partial charge < -0.3 is 13.6 Å². The third kappa shape index (κ3) is 4.81. The lowest BCUT2D eigenvalue weighted by molar-refractivity contribution is 0.669. The first-order valence-corrected chi connectivity index (χ1v) is 19.1. The fourth-order valence-electron chi connectivity index (χ4n) is 8.68. The molecule has 4 aromatic heterocycles. The summed E-state index contributed by atoms with van der Waals surface area (Å²) in [4.78, 5) is 15.4. The summed E-state index contributed by atoms with van der Waals surface area (Å²) < 4.78 is 11.1. The number of rotatable bonds is 5.